The standard InChI is InChI=1S/C25H26N4O3/c1-5-22(16-6-10-18(31-3)11-7-16)28-25(30)20-14-23(17-8-12-19(32-4)13-9-17)27-24-21(20)15-26-29(24)2/h6-15,22H,5H2,1-4H3,(H,28,30). The van der Waals surface area contributed by atoms with Gasteiger partial charge in [0, 0.05) is 12.6 Å². The van der Waals surface area contributed by atoms with Crippen LogP contribution in [0.4, 0.5) is 0 Å². The van der Waals surface area contributed by atoms with Crippen LogP contribution in [0.1, 0.15) is 35.3 Å². The molecule has 7 nitrogen and oxygen atoms in total. The molecule has 2 heterocycles. The number of hydrogen-bond acceptors (Lipinski definition) is 5. The monoisotopic (exact) mass is 430 g/mol. The van der Waals surface area contributed by atoms with Crippen LogP contribution in [0.3, 0.4) is 0 Å². The van der Waals surface area contributed by atoms with E-state index >= 15 is 0 Å². The van der Waals surface area contributed by atoms with Crippen LogP contribution in [-0.2, 0) is 7.05 Å². The van der Waals surface area contributed by atoms with Crippen LogP contribution in [0.25, 0.3) is 22.3 Å². The summed E-state index contributed by atoms with van der Waals surface area (Å²) in [7, 11) is 5.09. The second-order valence-corrected chi connectivity index (χ2v) is 7.50. The van der Waals surface area contributed by atoms with Crippen molar-refractivity contribution in [3.05, 3.63) is 71.9 Å². The Morgan fingerprint density at radius 2 is 1.66 bits per heavy atom. The van der Waals surface area contributed by atoms with Gasteiger partial charge in [0.15, 0.2) is 5.65 Å². The van der Waals surface area contributed by atoms with Crippen molar-refractivity contribution in [2.75, 3.05) is 14.2 Å². The Bertz CT molecular complexity index is 1230. The molecule has 0 saturated heterocycles. The van der Waals surface area contributed by atoms with Crippen molar-refractivity contribution >= 4 is 16.9 Å². The van der Waals surface area contributed by atoms with Gasteiger partial charge in [0.25, 0.3) is 5.91 Å². The normalized spacial score (nSPS) is 11.9. The number of rotatable bonds is 7. The lowest BCUT2D eigenvalue weighted by Crippen LogP contribution is -2.28. The maximum atomic E-state index is 13.4. The minimum absolute atomic E-state index is 0.127. The van der Waals surface area contributed by atoms with Crippen LogP contribution in [0.5, 0.6) is 11.5 Å². The fraction of sp³-hybridized carbons (Fsp3) is 0.240. The fourth-order valence-corrected chi connectivity index (χ4v) is 3.71. The van der Waals surface area contributed by atoms with E-state index in [1.165, 1.54) is 0 Å². The highest BCUT2D eigenvalue weighted by Gasteiger charge is 2.20. The van der Waals surface area contributed by atoms with Crippen molar-refractivity contribution < 1.29 is 14.3 Å². The molecule has 0 spiro atoms. The molecule has 4 rings (SSSR count). The van der Waals surface area contributed by atoms with Crippen molar-refractivity contribution in [2.45, 2.75) is 19.4 Å². The summed E-state index contributed by atoms with van der Waals surface area (Å²) in [4.78, 5) is 18.1. The van der Waals surface area contributed by atoms with E-state index in [4.69, 9.17) is 14.5 Å². The number of benzene rings is 2. The summed E-state index contributed by atoms with van der Waals surface area (Å²) >= 11 is 0. The number of pyridine rings is 1. The van der Waals surface area contributed by atoms with Crippen molar-refractivity contribution in [1.82, 2.24) is 20.1 Å². The molecule has 2 aromatic carbocycles. The molecule has 1 unspecified atom stereocenters. The Hall–Kier alpha value is -3.87. The molecule has 0 fully saturated rings. The predicted octanol–water partition coefficient (Wildman–Crippen LogP) is 4.53. The SMILES string of the molecule is CCC(NC(=O)c1cc(-c2ccc(OC)cc2)nc2c1cnn2C)c1ccc(OC)cc1. The van der Waals surface area contributed by atoms with Crippen LogP contribution in [0.2, 0.25) is 0 Å². The van der Waals surface area contributed by atoms with E-state index < -0.39 is 0 Å². The molecule has 7 heteroatoms. The van der Waals surface area contributed by atoms with Gasteiger partial charge in [-0.15, -0.1) is 0 Å². The lowest BCUT2D eigenvalue weighted by Gasteiger charge is -2.18. The lowest BCUT2D eigenvalue weighted by atomic mass is 10.0. The second-order valence-electron chi connectivity index (χ2n) is 7.50. The first-order valence-corrected chi connectivity index (χ1v) is 10.5. The van der Waals surface area contributed by atoms with Crippen molar-refractivity contribution in [1.29, 1.82) is 0 Å². The van der Waals surface area contributed by atoms with Gasteiger partial charge in [0.05, 0.1) is 43.1 Å². The predicted molar refractivity (Wildman–Crippen MR) is 124 cm³/mol. The van der Waals surface area contributed by atoms with E-state index in [0.29, 0.717) is 22.3 Å². The van der Waals surface area contributed by atoms with E-state index in [9.17, 15) is 4.79 Å². The molecular formula is C25H26N4O3. The highest BCUT2D eigenvalue weighted by molar-refractivity contribution is 6.06. The number of hydrogen-bond donors (Lipinski definition) is 1. The number of amides is 1. The van der Waals surface area contributed by atoms with Crippen molar-refractivity contribution in [2.24, 2.45) is 7.05 Å². The minimum atomic E-state index is -0.164. The smallest absolute Gasteiger partial charge is 0.252 e. The van der Waals surface area contributed by atoms with E-state index in [1.54, 1.807) is 25.1 Å². The molecule has 0 saturated carbocycles. The van der Waals surface area contributed by atoms with Gasteiger partial charge in [-0.2, -0.15) is 5.10 Å². The van der Waals surface area contributed by atoms with E-state index in [1.807, 2.05) is 68.6 Å². The third kappa shape index (κ3) is 4.14. The number of aryl methyl sites for hydroxylation is 1. The minimum Gasteiger partial charge on any atom is -0.497 e. The van der Waals surface area contributed by atoms with E-state index in [-0.39, 0.29) is 11.9 Å². The van der Waals surface area contributed by atoms with Crippen molar-refractivity contribution in [3.63, 3.8) is 0 Å². The van der Waals surface area contributed by atoms with Crippen LogP contribution < -0.4 is 14.8 Å². The summed E-state index contributed by atoms with van der Waals surface area (Å²) in [6.45, 7) is 2.05. The Morgan fingerprint density at radius 1 is 1.03 bits per heavy atom. The van der Waals surface area contributed by atoms with Gasteiger partial charge in [-0.05, 0) is 54.4 Å². The van der Waals surface area contributed by atoms with Crippen molar-refractivity contribution in [3.8, 4) is 22.8 Å². The Balaban J connectivity index is 1.70. The number of carbonyl (C=O) groups is 1. The number of fused-ring (bicyclic) bond motifs is 1. The molecule has 2 aromatic heterocycles. The zero-order valence-corrected chi connectivity index (χ0v) is 18.6. The number of ether oxygens (including phenoxy) is 2. The maximum Gasteiger partial charge on any atom is 0.252 e. The zero-order chi connectivity index (χ0) is 22.7. The van der Waals surface area contributed by atoms with Gasteiger partial charge in [0.2, 0.25) is 0 Å². The Kier molecular flexibility index (Phi) is 6.07. The van der Waals surface area contributed by atoms with Crippen LogP contribution >= 0.6 is 0 Å². The molecule has 32 heavy (non-hydrogen) atoms. The summed E-state index contributed by atoms with van der Waals surface area (Å²) < 4.78 is 12.2. The molecule has 0 aliphatic heterocycles. The topological polar surface area (TPSA) is 78.3 Å². The van der Waals surface area contributed by atoms with Gasteiger partial charge in [0.1, 0.15) is 11.5 Å². The Labute approximate surface area is 187 Å². The average Bonchev–Trinajstić information content (AvgIpc) is 3.22. The van der Waals surface area contributed by atoms with Crippen LogP contribution in [0, 0.1) is 0 Å². The summed E-state index contributed by atoms with van der Waals surface area (Å²) in [5.74, 6) is 1.38. The van der Waals surface area contributed by atoms with Crippen LogP contribution in [-0.4, -0.2) is 34.9 Å². The Morgan fingerprint density at radius 3 is 2.25 bits per heavy atom. The molecular weight excluding hydrogens is 404 g/mol. The number of aromatic nitrogens is 3. The third-order valence-electron chi connectivity index (χ3n) is 5.57. The van der Waals surface area contributed by atoms with E-state index in [0.717, 1.165) is 29.0 Å². The number of carbonyl (C=O) groups excluding carboxylic acids is 1. The first kappa shape index (κ1) is 21.4. The molecule has 0 aliphatic rings. The second kappa shape index (κ2) is 9.09. The fourth-order valence-electron chi connectivity index (χ4n) is 3.71. The van der Waals surface area contributed by atoms with Gasteiger partial charge in [-0.3, -0.25) is 9.48 Å². The number of nitrogens with zero attached hydrogens (tertiary/aromatic N) is 3. The molecule has 0 radical (unpaired) electrons. The largest absolute Gasteiger partial charge is 0.497 e. The van der Waals surface area contributed by atoms with Gasteiger partial charge in [-0.1, -0.05) is 19.1 Å². The first-order chi connectivity index (χ1) is 15.5. The summed E-state index contributed by atoms with van der Waals surface area (Å²) in [6, 6.07) is 17.1. The maximum absolute atomic E-state index is 13.4. The molecule has 1 amide bonds. The summed E-state index contributed by atoms with van der Waals surface area (Å²) in [6.07, 6.45) is 2.44. The van der Waals surface area contributed by atoms with Gasteiger partial charge >= 0.3 is 0 Å². The molecule has 0 aliphatic carbocycles. The van der Waals surface area contributed by atoms with Gasteiger partial charge in [-0.25, -0.2) is 4.98 Å². The number of methoxy groups -OCH3 is 2. The quantitative estimate of drug-likeness (QED) is 0.466. The highest BCUT2D eigenvalue weighted by Crippen LogP contribution is 2.27. The lowest BCUT2D eigenvalue weighted by molar-refractivity contribution is 0.0937. The average molecular weight is 431 g/mol. The van der Waals surface area contributed by atoms with Gasteiger partial charge < -0.3 is 14.8 Å². The van der Waals surface area contributed by atoms with E-state index in [2.05, 4.69) is 10.4 Å². The molecule has 164 valence electrons. The zero-order valence-electron chi connectivity index (χ0n) is 18.6. The molecule has 1 atom stereocenters. The molecule has 4 aromatic rings. The van der Waals surface area contributed by atoms with Crippen LogP contribution in [0.15, 0.2) is 60.8 Å². The molecule has 1 N–H and O–H groups in total. The summed E-state index contributed by atoms with van der Waals surface area (Å²) in [5, 5.41) is 8.20. The first-order valence-electron chi connectivity index (χ1n) is 10.5. The summed E-state index contributed by atoms with van der Waals surface area (Å²) in [5.41, 5.74) is 3.81. The number of nitrogens with one attached hydrogen (secondary N) is 1. The molecule has 0 bridgehead atoms. The third-order valence-corrected chi connectivity index (χ3v) is 5.57. The highest BCUT2D eigenvalue weighted by atomic mass is 16.5.